The first-order valence-electron chi connectivity index (χ1n) is 28.0. The summed E-state index contributed by atoms with van der Waals surface area (Å²) in [5.41, 5.74) is 6.43. The lowest BCUT2D eigenvalue weighted by molar-refractivity contribution is -0.138. The molecule has 5 aromatic carbocycles. The monoisotopic (exact) mass is 1080 g/mol. The van der Waals surface area contributed by atoms with Crippen LogP contribution < -0.4 is 15.1 Å². The zero-order valence-corrected chi connectivity index (χ0v) is 45.7. The van der Waals surface area contributed by atoms with Crippen LogP contribution in [0.3, 0.4) is 0 Å². The minimum Gasteiger partial charge on any atom is -0.465 e. The van der Waals surface area contributed by atoms with Gasteiger partial charge in [-0.05, 0) is 133 Å². The van der Waals surface area contributed by atoms with Gasteiger partial charge in [-0.1, -0.05) is 82.3 Å². The van der Waals surface area contributed by atoms with Gasteiger partial charge in [-0.2, -0.15) is 0 Å². The number of anilines is 2. The van der Waals surface area contributed by atoms with Crippen molar-refractivity contribution in [3.05, 3.63) is 131 Å². The lowest BCUT2D eigenvalue weighted by Crippen LogP contribution is -2.51. The van der Waals surface area contributed by atoms with Gasteiger partial charge in [0.05, 0.1) is 53.3 Å². The molecule has 11 rings (SSSR count). The van der Waals surface area contributed by atoms with Gasteiger partial charge in [0.15, 0.2) is 11.6 Å². The molecule has 0 radical (unpaired) electrons. The Balaban J connectivity index is 0.910. The molecule has 4 fully saturated rings. The van der Waals surface area contributed by atoms with Crippen LogP contribution in [-0.4, -0.2) is 116 Å². The van der Waals surface area contributed by atoms with Crippen LogP contribution in [0.2, 0.25) is 0 Å². The van der Waals surface area contributed by atoms with E-state index in [-0.39, 0.29) is 59.4 Å². The molecule has 7 aromatic rings. The van der Waals surface area contributed by atoms with E-state index in [1.54, 1.807) is 9.80 Å². The molecule has 6 heterocycles. The number of nitrogens with zero attached hydrogens (tertiary/aromatic N) is 7. The maximum absolute atomic E-state index is 17.0. The summed E-state index contributed by atoms with van der Waals surface area (Å²) in [4.78, 5) is 78.1. The number of carbonyl (C=O) groups is 4. The number of likely N-dealkylation sites (N-methyl/N-ethyl adjacent to an activating group) is 1. The van der Waals surface area contributed by atoms with Gasteiger partial charge in [0, 0.05) is 38.9 Å². The number of methoxy groups -OCH3 is 1. The minimum atomic E-state index is -1.17. The molecule has 18 heteroatoms. The third-order valence-corrected chi connectivity index (χ3v) is 17.3. The number of alkyl carbamates (subject to hydrolysis) is 1. The predicted molar refractivity (Wildman–Crippen MR) is 300 cm³/mol. The van der Waals surface area contributed by atoms with E-state index in [1.807, 2.05) is 75.1 Å². The van der Waals surface area contributed by atoms with Gasteiger partial charge in [-0.25, -0.2) is 28.3 Å². The second-order valence-corrected chi connectivity index (χ2v) is 22.7. The standard InChI is InChI=1S/C61H70F2N10O6/c1-34(2)53(68-60(76)79-6)58(74)71-26-10-16-51(71)56-64-45-20-18-38(30-47(45)66-56)49-22-23-50(39-19-21-46-48(31-39)67-57(65-46)52-17-11-27-72(52)59(75)54(35(3)4)69(5)61(77)78)73(49)40-32-43(62)55(44(63)33-40)70-28-24-37(25-29-70)42-15-9-13-36-12-7-8-14-41(36)42/h7-9,12-15,18-21,30-35,37,49-54H,10-11,16-17,22-29H2,1-6H3,(H,64,66)(H,65,67)(H,68,76)(H,77,78)/t49-,50-,51+,52+,53+,54+/m1/s1. The Hall–Kier alpha value is -7.76. The molecule has 414 valence electrons. The number of H-pyrrole nitrogens is 2. The van der Waals surface area contributed by atoms with Gasteiger partial charge in [-0.3, -0.25) is 14.5 Å². The maximum atomic E-state index is 17.0. The Kier molecular flexibility index (Phi) is 14.7. The number of likely N-dealkylation sites (tertiary alicyclic amines) is 2. The summed E-state index contributed by atoms with van der Waals surface area (Å²) in [6.07, 6.45) is 3.86. The highest BCUT2D eigenvalue weighted by molar-refractivity contribution is 5.88. The van der Waals surface area contributed by atoms with E-state index in [4.69, 9.17) is 14.7 Å². The average Bonchev–Trinajstić information content (AvgIpc) is 4.33. The Morgan fingerprint density at radius 1 is 0.684 bits per heavy atom. The summed E-state index contributed by atoms with van der Waals surface area (Å²) in [5.74, 6) is -0.596. The molecule has 4 amide bonds. The molecule has 0 aliphatic carbocycles. The zero-order chi connectivity index (χ0) is 55.4. The molecule has 4 saturated heterocycles. The number of imidazole rings is 2. The van der Waals surface area contributed by atoms with E-state index in [0.717, 1.165) is 52.7 Å². The molecule has 0 spiro atoms. The molecule has 0 unspecified atom stereocenters. The van der Waals surface area contributed by atoms with Crippen molar-refractivity contribution in [2.45, 2.75) is 121 Å². The van der Waals surface area contributed by atoms with E-state index in [1.165, 1.54) is 42.6 Å². The van der Waals surface area contributed by atoms with Gasteiger partial charge < -0.3 is 44.7 Å². The molecule has 16 nitrogen and oxygen atoms in total. The van der Waals surface area contributed by atoms with Crippen molar-refractivity contribution in [1.29, 1.82) is 0 Å². The summed E-state index contributed by atoms with van der Waals surface area (Å²) in [6.45, 7) is 9.47. The molecule has 0 saturated carbocycles. The Labute approximate surface area is 458 Å². The number of carbonyl (C=O) groups excluding carboxylic acids is 3. The number of carboxylic acid groups (broad SMARTS) is 1. The second kappa shape index (κ2) is 21.8. The second-order valence-electron chi connectivity index (χ2n) is 22.7. The van der Waals surface area contributed by atoms with E-state index in [0.29, 0.717) is 80.2 Å². The van der Waals surface area contributed by atoms with Gasteiger partial charge in [0.2, 0.25) is 11.8 Å². The van der Waals surface area contributed by atoms with Crippen LogP contribution in [0, 0.1) is 23.5 Å². The molecular formula is C61H70F2N10O6. The number of hydrogen-bond donors (Lipinski definition) is 4. The summed E-state index contributed by atoms with van der Waals surface area (Å²) in [6, 6.07) is 26.8. The van der Waals surface area contributed by atoms with Crippen molar-refractivity contribution in [2.75, 3.05) is 50.1 Å². The Morgan fingerprint density at radius 2 is 1.24 bits per heavy atom. The van der Waals surface area contributed by atoms with Crippen LogP contribution in [-0.2, 0) is 14.3 Å². The maximum Gasteiger partial charge on any atom is 0.407 e. The highest BCUT2D eigenvalue weighted by atomic mass is 19.1. The van der Waals surface area contributed by atoms with Crippen LogP contribution in [0.5, 0.6) is 0 Å². The Morgan fingerprint density at radius 3 is 1.78 bits per heavy atom. The summed E-state index contributed by atoms with van der Waals surface area (Å²) < 4.78 is 38.9. The molecule has 2 aromatic heterocycles. The molecule has 6 atom stereocenters. The van der Waals surface area contributed by atoms with Crippen LogP contribution in [0.4, 0.5) is 29.7 Å². The van der Waals surface area contributed by atoms with Crippen molar-refractivity contribution >= 4 is 68.2 Å². The van der Waals surface area contributed by atoms with Gasteiger partial charge in [0.1, 0.15) is 29.4 Å². The molecule has 0 bridgehead atoms. The van der Waals surface area contributed by atoms with Crippen molar-refractivity contribution in [2.24, 2.45) is 11.8 Å². The van der Waals surface area contributed by atoms with Crippen LogP contribution in [0.15, 0.2) is 91.0 Å². The Bertz CT molecular complexity index is 3420. The molecule has 4 aliphatic heterocycles. The van der Waals surface area contributed by atoms with Crippen LogP contribution in [0.1, 0.15) is 137 Å². The number of amides is 4. The van der Waals surface area contributed by atoms with E-state index in [9.17, 15) is 24.3 Å². The molecular weight excluding hydrogens is 1010 g/mol. The number of ether oxygens (including phenoxy) is 1. The first kappa shape index (κ1) is 53.3. The number of aromatic amines is 2. The summed E-state index contributed by atoms with van der Waals surface area (Å²) in [5, 5.41) is 15.0. The zero-order valence-electron chi connectivity index (χ0n) is 45.7. The number of aromatic nitrogens is 4. The van der Waals surface area contributed by atoms with Crippen molar-refractivity contribution < 1.29 is 37.8 Å². The van der Waals surface area contributed by atoms with Gasteiger partial charge >= 0.3 is 12.2 Å². The smallest absolute Gasteiger partial charge is 0.407 e. The predicted octanol–water partition coefficient (Wildman–Crippen LogP) is 11.7. The number of nitrogens with one attached hydrogen (secondary N) is 3. The number of rotatable bonds is 13. The number of hydrogen-bond acceptors (Lipinski definition) is 9. The molecule has 79 heavy (non-hydrogen) atoms. The third kappa shape index (κ3) is 10.1. The average molecular weight is 1080 g/mol. The minimum absolute atomic E-state index is 0.0163. The SMILES string of the molecule is COC(=O)N[C@H](C(=O)N1CCC[C@H]1c1nc2cc([C@H]3CC[C@H](c4ccc5[nH]c([C@@H]6CCCN6C(=O)[C@H](C(C)C)N(C)C(=O)O)nc5c4)N3c3cc(F)c(N4CCC(c5cccc6ccccc56)CC4)c(F)c3)ccc2[nH]1)C(C)C. The van der Waals surface area contributed by atoms with E-state index in [2.05, 4.69) is 56.6 Å². The van der Waals surface area contributed by atoms with Crippen LogP contribution in [0.25, 0.3) is 32.8 Å². The fourth-order valence-corrected chi connectivity index (χ4v) is 13.4. The lowest BCUT2D eigenvalue weighted by Gasteiger charge is -2.36. The lowest BCUT2D eigenvalue weighted by atomic mass is 9.86. The van der Waals surface area contributed by atoms with Gasteiger partial charge in [0.25, 0.3) is 0 Å². The summed E-state index contributed by atoms with van der Waals surface area (Å²) >= 11 is 0. The largest absolute Gasteiger partial charge is 0.465 e. The fraction of sp³-hybridized carbons (Fsp3) is 0.443. The fourth-order valence-electron chi connectivity index (χ4n) is 13.4. The van der Waals surface area contributed by atoms with Crippen molar-refractivity contribution in [1.82, 2.24) is 40.0 Å². The van der Waals surface area contributed by atoms with E-state index >= 15 is 8.78 Å². The van der Waals surface area contributed by atoms with Crippen molar-refractivity contribution in [3.63, 3.8) is 0 Å². The third-order valence-electron chi connectivity index (χ3n) is 17.3. The summed E-state index contributed by atoms with van der Waals surface area (Å²) in [7, 11) is 2.71. The number of fused-ring (bicyclic) bond motifs is 3. The normalized spacial score (nSPS) is 20.8. The number of benzene rings is 5. The van der Waals surface area contributed by atoms with Gasteiger partial charge in [-0.15, -0.1) is 0 Å². The quantitative estimate of drug-likeness (QED) is 0.0867. The molecule has 4 aliphatic rings. The van der Waals surface area contributed by atoms with Crippen LogP contribution >= 0.6 is 0 Å². The number of halogens is 2. The first-order valence-corrected chi connectivity index (χ1v) is 28.0. The highest BCUT2D eigenvalue weighted by Crippen LogP contribution is 2.49. The topological polar surface area (TPSA) is 183 Å². The van der Waals surface area contributed by atoms with E-state index < -0.39 is 35.9 Å². The molecule has 4 N–H and O–H groups in total. The highest BCUT2D eigenvalue weighted by Gasteiger charge is 2.42. The number of piperidine rings is 1. The van der Waals surface area contributed by atoms with Crippen molar-refractivity contribution in [3.8, 4) is 0 Å². The first-order chi connectivity index (χ1) is 38.1.